The van der Waals surface area contributed by atoms with Crippen LogP contribution >= 0.6 is 23.4 Å². The number of nitrogens with zero attached hydrogens (tertiary/aromatic N) is 1. The van der Waals surface area contributed by atoms with Crippen LogP contribution in [0.5, 0.6) is 0 Å². The number of aromatic nitrogens is 2. The van der Waals surface area contributed by atoms with Crippen molar-refractivity contribution in [2.45, 2.75) is 4.90 Å². The molecule has 0 fully saturated rings. The highest BCUT2D eigenvalue weighted by atomic mass is 35.5. The van der Waals surface area contributed by atoms with Crippen molar-refractivity contribution in [2.75, 3.05) is 6.26 Å². The number of halogens is 2. The lowest BCUT2D eigenvalue weighted by atomic mass is 10.1. The van der Waals surface area contributed by atoms with Crippen LogP contribution in [0.15, 0.2) is 23.1 Å². The van der Waals surface area contributed by atoms with Crippen LogP contribution in [-0.2, 0) is 0 Å². The number of nitrogens with one attached hydrogen (secondary N) is 1. The highest BCUT2D eigenvalue weighted by molar-refractivity contribution is 7.98. The average Bonchev–Trinajstić information content (AvgIpc) is 2.77. The second-order valence-electron chi connectivity index (χ2n) is 3.45. The Labute approximate surface area is 111 Å². The molecular weight excluding hydrogens is 279 g/mol. The highest BCUT2D eigenvalue weighted by Gasteiger charge is 2.13. The molecule has 0 amide bonds. The van der Waals surface area contributed by atoms with Gasteiger partial charge in [-0.3, -0.25) is 5.10 Å². The number of aromatic amines is 1. The average molecular weight is 287 g/mol. The lowest BCUT2D eigenvalue weighted by Crippen LogP contribution is -1.95. The maximum atomic E-state index is 13.7. The predicted molar refractivity (Wildman–Crippen MR) is 67.7 cm³/mol. The van der Waals surface area contributed by atoms with Crippen molar-refractivity contribution >= 4 is 29.3 Å². The van der Waals surface area contributed by atoms with Crippen molar-refractivity contribution in [1.29, 1.82) is 0 Å². The molecule has 0 saturated heterocycles. The van der Waals surface area contributed by atoms with Gasteiger partial charge >= 0.3 is 5.97 Å². The fourth-order valence-electron chi connectivity index (χ4n) is 1.48. The summed E-state index contributed by atoms with van der Waals surface area (Å²) in [5.41, 5.74) is 0.704. The smallest absolute Gasteiger partial charge is 0.353 e. The molecule has 0 radical (unpaired) electrons. The van der Waals surface area contributed by atoms with Gasteiger partial charge in [0.25, 0.3) is 0 Å². The van der Waals surface area contributed by atoms with Crippen LogP contribution in [0.3, 0.4) is 0 Å². The summed E-state index contributed by atoms with van der Waals surface area (Å²) in [5.74, 6) is -1.58. The van der Waals surface area contributed by atoms with Crippen molar-refractivity contribution in [3.63, 3.8) is 0 Å². The van der Waals surface area contributed by atoms with Crippen LogP contribution in [0.25, 0.3) is 11.3 Å². The SMILES string of the molecule is CSc1c(F)cc(-c2cc(C(=O)O)[nH]n2)cc1Cl. The van der Waals surface area contributed by atoms with Gasteiger partial charge in [0.15, 0.2) is 0 Å². The molecule has 1 aromatic carbocycles. The van der Waals surface area contributed by atoms with Crippen molar-refractivity contribution in [3.05, 3.63) is 34.7 Å². The van der Waals surface area contributed by atoms with E-state index < -0.39 is 11.8 Å². The number of thioether (sulfide) groups is 1. The Morgan fingerprint density at radius 2 is 2.22 bits per heavy atom. The Kier molecular flexibility index (Phi) is 3.58. The number of rotatable bonds is 3. The van der Waals surface area contributed by atoms with E-state index >= 15 is 0 Å². The molecule has 0 aliphatic rings. The third-order valence-electron chi connectivity index (χ3n) is 2.31. The monoisotopic (exact) mass is 286 g/mol. The molecule has 0 aliphatic heterocycles. The van der Waals surface area contributed by atoms with Gasteiger partial charge in [-0.15, -0.1) is 11.8 Å². The molecule has 0 spiro atoms. The largest absolute Gasteiger partial charge is 0.477 e. The second-order valence-corrected chi connectivity index (χ2v) is 4.67. The molecular formula is C11H8ClFN2O2S. The van der Waals surface area contributed by atoms with Gasteiger partial charge < -0.3 is 5.11 Å². The van der Waals surface area contributed by atoms with Crippen LogP contribution in [0.4, 0.5) is 4.39 Å². The van der Waals surface area contributed by atoms with E-state index in [4.69, 9.17) is 16.7 Å². The molecule has 94 valence electrons. The van der Waals surface area contributed by atoms with E-state index in [9.17, 15) is 9.18 Å². The molecule has 0 bridgehead atoms. The fraction of sp³-hybridized carbons (Fsp3) is 0.0909. The van der Waals surface area contributed by atoms with E-state index in [1.807, 2.05) is 0 Å². The number of carboxylic acids is 1. The Morgan fingerprint density at radius 3 is 2.72 bits per heavy atom. The number of carbonyl (C=O) groups is 1. The van der Waals surface area contributed by atoms with Gasteiger partial charge in [0, 0.05) is 5.56 Å². The van der Waals surface area contributed by atoms with E-state index in [1.54, 1.807) is 12.3 Å². The molecule has 18 heavy (non-hydrogen) atoms. The molecule has 4 nitrogen and oxygen atoms in total. The van der Waals surface area contributed by atoms with Crippen molar-refractivity contribution in [3.8, 4) is 11.3 Å². The van der Waals surface area contributed by atoms with Crippen molar-refractivity contribution in [2.24, 2.45) is 0 Å². The molecule has 0 saturated carbocycles. The summed E-state index contributed by atoms with van der Waals surface area (Å²) in [7, 11) is 0. The topological polar surface area (TPSA) is 66.0 Å². The Morgan fingerprint density at radius 1 is 1.50 bits per heavy atom. The van der Waals surface area contributed by atoms with Crippen LogP contribution in [0.1, 0.15) is 10.5 Å². The first kappa shape index (κ1) is 12.9. The molecule has 1 aromatic heterocycles. The van der Waals surface area contributed by atoms with Crippen LogP contribution in [0.2, 0.25) is 5.02 Å². The van der Waals surface area contributed by atoms with Crippen LogP contribution < -0.4 is 0 Å². The quantitative estimate of drug-likeness (QED) is 0.850. The fourth-order valence-corrected chi connectivity index (χ4v) is 2.43. The van der Waals surface area contributed by atoms with E-state index in [-0.39, 0.29) is 10.7 Å². The summed E-state index contributed by atoms with van der Waals surface area (Å²) in [5, 5.41) is 15.2. The zero-order valence-corrected chi connectivity index (χ0v) is 10.8. The summed E-state index contributed by atoms with van der Waals surface area (Å²) >= 11 is 7.15. The predicted octanol–water partition coefficient (Wildman–Crippen LogP) is 3.29. The minimum atomic E-state index is -1.12. The Hall–Kier alpha value is -1.53. The number of H-pyrrole nitrogens is 1. The normalized spacial score (nSPS) is 10.6. The van der Waals surface area contributed by atoms with Gasteiger partial charge in [0.1, 0.15) is 11.5 Å². The third-order valence-corrected chi connectivity index (χ3v) is 3.54. The first-order valence-electron chi connectivity index (χ1n) is 4.85. The lowest BCUT2D eigenvalue weighted by Gasteiger charge is -2.04. The summed E-state index contributed by atoms with van der Waals surface area (Å²) in [6.07, 6.45) is 1.72. The number of hydrogen-bond acceptors (Lipinski definition) is 3. The first-order valence-corrected chi connectivity index (χ1v) is 6.45. The molecule has 0 aliphatic carbocycles. The van der Waals surface area contributed by atoms with E-state index in [1.165, 1.54) is 23.9 Å². The molecule has 0 atom stereocenters. The van der Waals surface area contributed by atoms with Crippen molar-refractivity contribution < 1.29 is 14.3 Å². The standard InChI is InChI=1S/C11H8ClFN2O2S/c1-18-10-6(12)2-5(3-7(10)13)8-4-9(11(16)17)15-14-8/h2-4H,1H3,(H,14,15)(H,16,17). The van der Waals surface area contributed by atoms with Gasteiger partial charge in [0.05, 0.1) is 15.6 Å². The lowest BCUT2D eigenvalue weighted by molar-refractivity contribution is 0.0690. The Balaban J connectivity index is 2.47. The maximum absolute atomic E-state index is 13.7. The minimum Gasteiger partial charge on any atom is -0.477 e. The minimum absolute atomic E-state index is 0.0597. The molecule has 2 aromatic rings. The van der Waals surface area contributed by atoms with Gasteiger partial charge in [0.2, 0.25) is 0 Å². The number of hydrogen-bond donors (Lipinski definition) is 2. The number of carboxylic acid groups (broad SMARTS) is 1. The van der Waals surface area contributed by atoms with E-state index in [2.05, 4.69) is 10.2 Å². The van der Waals surface area contributed by atoms with Crippen molar-refractivity contribution in [1.82, 2.24) is 10.2 Å². The van der Waals surface area contributed by atoms with Gasteiger partial charge in [-0.25, -0.2) is 9.18 Å². The molecule has 2 rings (SSSR count). The highest BCUT2D eigenvalue weighted by Crippen LogP contribution is 2.32. The first-order chi connectivity index (χ1) is 8.52. The van der Waals surface area contributed by atoms with Crippen LogP contribution in [-0.4, -0.2) is 27.5 Å². The zero-order chi connectivity index (χ0) is 13.3. The molecule has 1 heterocycles. The maximum Gasteiger partial charge on any atom is 0.353 e. The second kappa shape index (κ2) is 4.99. The van der Waals surface area contributed by atoms with Gasteiger partial charge in [-0.05, 0) is 24.5 Å². The summed E-state index contributed by atoms with van der Waals surface area (Å²) < 4.78 is 13.7. The molecule has 2 N–H and O–H groups in total. The summed E-state index contributed by atoms with van der Waals surface area (Å²) in [6.45, 7) is 0. The van der Waals surface area contributed by atoms with E-state index in [0.717, 1.165) is 0 Å². The van der Waals surface area contributed by atoms with Crippen LogP contribution in [0, 0.1) is 5.82 Å². The van der Waals surface area contributed by atoms with Gasteiger partial charge in [-0.2, -0.15) is 5.10 Å². The summed E-state index contributed by atoms with van der Waals surface area (Å²) in [4.78, 5) is 11.1. The molecule has 0 unspecified atom stereocenters. The van der Waals surface area contributed by atoms with Gasteiger partial charge in [-0.1, -0.05) is 11.6 Å². The zero-order valence-electron chi connectivity index (χ0n) is 9.20. The van der Waals surface area contributed by atoms with E-state index in [0.29, 0.717) is 16.2 Å². The molecule has 7 heteroatoms. The third kappa shape index (κ3) is 2.34. The summed E-state index contributed by atoms with van der Waals surface area (Å²) in [6, 6.07) is 4.16. The number of benzene rings is 1. The number of aromatic carboxylic acids is 1. The Bertz CT molecular complexity index is 592.